The van der Waals surface area contributed by atoms with Gasteiger partial charge >= 0.3 is 0 Å². The quantitative estimate of drug-likeness (QED) is 0.743. The first-order chi connectivity index (χ1) is 10.1. The van der Waals surface area contributed by atoms with Gasteiger partial charge in [0.05, 0.1) is 17.3 Å². The van der Waals surface area contributed by atoms with E-state index in [-0.39, 0.29) is 17.2 Å². The number of imide groups is 1. The minimum absolute atomic E-state index is 0.0878. The second kappa shape index (κ2) is 5.33. The molecule has 1 spiro atoms. The van der Waals surface area contributed by atoms with Crippen molar-refractivity contribution in [2.75, 3.05) is 4.90 Å². The maximum atomic E-state index is 12.5. The van der Waals surface area contributed by atoms with Gasteiger partial charge < -0.3 is 0 Å². The lowest BCUT2D eigenvalue weighted by Gasteiger charge is -2.42. The zero-order valence-corrected chi connectivity index (χ0v) is 12.0. The Hall–Kier alpha value is -2.15. The van der Waals surface area contributed by atoms with Crippen molar-refractivity contribution in [1.29, 1.82) is 5.26 Å². The Balaban J connectivity index is 1.83. The predicted molar refractivity (Wildman–Crippen MR) is 78.4 cm³/mol. The van der Waals surface area contributed by atoms with E-state index >= 15 is 0 Å². The molecule has 4 nitrogen and oxygen atoms in total. The van der Waals surface area contributed by atoms with Crippen molar-refractivity contribution in [1.82, 2.24) is 0 Å². The Labute approximate surface area is 124 Å². The zero-order valence-electron chi connectivity index (χ0n) is 12.0. The van der Waals surface area contributed by atoms with Crippen LogP contribution in [-0.2, 0) is 9.59 Å². The molecule has 2 amide bonds. The fourth-order valence-electron chi connectivity index (χ4n) is 3.63. The van der Waals surface area contributed by atoms with Crippen LogP contribution in [0.15, 0.2) is 24.3 Å². The Morgan fingerprint density at radius 2 is 1.52 bits per heavy atom. The van der Waals surface area contributed by atoms with Gasteiger partial charge in [-0.05, 0) is 42.5 Å². The van der Waals surface area contributed by atoms with E-state index in [0.717, 1.165) is 25.7 Å². The molecule has 0 bridgehead atoms. The maximum absolute atomic E-state index is 12.5. The molecule has 108 valence electrons. The summed E-state index contributed by atoms with van der Waals surface area (Å²) >= 11 is 0. The van der Waals surface area contributed by atoms with Crippen molar-refractivity contribution >= 4 is 17.5 Å². The van der Waals surface area contributed by atoms with Crippen LogP contribution in [0.25, 0.3) is 0 Å². The van der Waals surface area contributed by atoms with Crippen LogP contribution in [0, 0.1) is 16.7 Å². The number of nitrogens with zero attached hydrogens (tertiary/aromatic N) is 2. The Kier molecular flexibility index (Phi) is 3.50. The van der Waals surface area contributed by atoms with Crippen LogP contribution in [0.2, 0.25) is 0 Å². The fourth-order valence-corrected chi connectivity index (χ4v) is 3.63. The van der Waals surface area contributed by atoms with Crippen LogP contribution >= 0.6 is 0 Å². The molecule has 1 saturated heterocycles. The summed E-state index contributed by atoms with van der Waals surface area (Å²) in [6, 6.07) is 8.66. The van der Waals surface area contributed by atoms with Gasteiger partial charge in [0.25, 0.3) is 0 Å². The molecule has 21 heavy (non-hydrogen) atoms. The first kappa shape index (κ1) is 13.8. The van der Waals surface area contributed by atoms with E-state index < -0.39 is 0 Å². The molecular weight excluding hydrogens is 264 g/mol. The second-order valence-electron chi connectivity index (χ2n) is 6.20. The second-order valence-corrected chi connectivity index (χ2v) is 6.20. The minimum Gasteiger partial charge on any atom is -0.274 e. The van der Waals surface area contributed by atoms with E-state index in [0.29, 0.717) is 24.1 Å². The highest BCUT2D eigenvalue weighted by molar-refractivity contribution is 6.17. The van der Waals surface area contributed by atoms with Crippen LogP contribution < -0.4 is 4.90 Å². The number of benzene rings is 1. The Bertz CT molecular complexity index is 587. The number of piperidine rings is 1. The van der Waals surface area contributed by atoms with Crippen LogP contribution in [0.4, 0.5) is 5.69 Å². The molecule has 1 heterocycles. The van der Waals surface area contributed by atoms with E-state index in [9.17, 15) is 9.59 Å². The third kappa shape index (κ3) is 2.56. The number of amides is 2. The van der Waals surface area contributed by atoms with Crippen molar-refractivity contribution in [3.05, 3.63) is 29.8 Å². The molecule has 4 heteroatoms. The van der Waals surface area contributed by atoms with Crippen molar-refractivity contribution in [3.63, 3.8) is 0 Å². The molecule has 0 atom stereocenters. The largest absolute Gasteiger partial charge is 0.274 e. The molecule has 0 aromatic heterocycles. The van der Waals surface area contributed by atoms with Crippen molar-refractivity contribution < 1.29 is 9.59 Å². The van der Waals surface area contributed by atoms with Crippen molar-refractivity contribution in [2.45, 2.75) is 44.9 Å². The number of carbonyl (C=O) groups is 2. The third-order valence-corrected chi connectivity index (χ3v) is 4.72. The van der Waals surface area contributed by atoms with E-state index in [4.69, 9.17) is 5.26 Å². The SMILES string of the molecule is N#Cc1ccc(N2C(=O)CC3(CCCCC3)CC2=O)cc1. The lowest BCUT2D eigenvalue weighted by molar-refractivity contribution is -0.134. The number of nitriles is 1. The van der Waals surface area contributed by atoms with Gasteiger partial charge in [0.1, 0.15) is 0 Å². The predicted octanol–water partition coefficient (Wildman–Crippen LogP) is 3.16. The van der Waals surface area contributed by atoms with E-state index in [2.05, 4.69) is 0 Å². The summed E-state index contributed by atoms with van der Waals surface area (Å²) in [5.74, 6) is -0.198. The summed E-state index contributed by atoms with van der Waals surface area (Å²) in [4.78, 5) is 26.2. The number of rotatable bonds is 1. The summed E-state index contributed by atoms with van der Waals surface area (Å²) < 4.78 is 0. The molecule has 2 aliphatic rings. The summed E-state index contributed by atoms with van der Waals surface area (Å²) in [5, 5.41) is 8.81. The molecule has 1 aromatic rings. The Morgan fingerprint density at radius 1 is 0.952 bits per heavy atom. The van der Waals surface area contributed by atoms with Gasteiger partial charge in [0, 0.05) is 12.8 Å². The first-order valence-electron chi connectivity index (χ1n) is 7.50. The fraction of sp³-hybridized carbons (Fsp3) is 0.471. The van der Waals surface area contributed by atoms with Gasteiger partial charge in [-0.3, -0.25) is 14.5 Å². The van der Waals surface area contributed by atoms with Gasteiger partial charge in [-0.25, -0.2) is 0 Å². The topological polar surface area (TPSA) is 61.2 Å². The average Bonchev–Trinajstić information content (AvgIpc) is 2.48. The third-order valence-electron chi connectivity index (χ3n) is 4.72. The van der Waals surface area contributed by atoms with Gasteiger partial charge in [0.2, 0.25) is 11.8 Å². The molecule has 1 saturated carbocycles. The first-order valence-corrected chi connectivity index (χ1v) is 7.50. The number of anilines is 1. The van der Waals surface area contributed by atoms with Crippen LogP contribution in [-0.4, -0.2) is 11.8 Å². The number of carbonyl (C=O) groups excluding carboxylic acids is 2. The lowest BCUT2D eigenvalue weighted by atomic mass is 9.67. The smallest absolute Gasteiger partial charge is 0.234 e. The molecule has 1 aromatic carbocycles. The van der Waals surface area contributed by atoms with Crippen molar-refractivity contribution in [3.8, 4) is 6.07 Å². The molecular formula is C17H18N2O2. The van der Waals surface area contributed by atoms with Gasteiger partial charge in [-0.15, -0.1) is 0 Å². The van der Waals surface area contributed by atoms with Crippen LogP contribution in [0.5, 0.6) is 0 Å². The van der Waals surface area contributed by atoms with Crippen LogP contribution in [0.3, 0.4) is 0 Å². The zero-order chi connectivity index (χ0) is 14.9. The van der Waals surface area contributed by atoms with E-state index in [1.807, 2.05) is 6.07 Å². The molecule has 1 aliphatic carbocycles. The van der Waals surface area contributed by atoms with E-state index in [1.54, 1.807) is 24.3 Å². The standard InChI is InChI=1S/C17H18N2O2/c18-12-13-4-6-14(7-5-13)19-15(20)10-17(11-16(19)21)8-2-1-3-9-17/h4-7H,1-3,8-11H2. The van der Waals surface area contributed by atoms with E-state index in [1.165, 1.54) is 11.3 Å². The minimum atomic E-state index is -0.0992. The molecule has 0 N–H and O–H groups in total. The molecule has 0 radical (unpaired) electrons. The molecule has 0 unspecified atom stereocenters. The normalized spacial score (nSPS) is 21.4. The summed E-state index contributed by atoms with van der Waals surface area (Å²) in [6.45, 7) is 0. The molecule has 1 aliphatic heterocycles. The average molecular weight is 282 g/mol. The van der Waals surface area contributed by atoms with Gasteiger partial charge in [-0.1, -0.05) is 19.3 Å². The highest BCUT2D eigenvalue weighted by Gasteiger charge is 2.44. The highest BCUT2D eigenvalue weighted by atomic mass is 16.2. The van der Waals surface area contributed by atoms with Crippen molar-refractivity contribution in [2.24, 2.45) is 5.41 Å². The van der Waals surface area contributed by atoms with Gasteiger partial charge in [0.15, 0.2) is 0 Å². The Morgan fingerprint density at radius 3 is 2.05 bits per heavy atom. The highest BCUT2D eigenvalue weighted by Crippen LogP contribution is 2.46. The summed E-state index contributed by atoms with van der Waals surface area (Å²) in [5.41, 5.74) is 1.02. The summed E-state index contributed by atoms with van der Waals surface area (Å²) in [7, 11) is 0. The monoisotopic (exact) mass is 282 g/mol. The summed E-state index contributed by atoms with van der Waals surface area (Å²) in [6.07, 6.45) is 6.38. The number of hydrogen-bond acceptors (Lipinski definition) is 3. The lowest BCUT2D eigenvalue weighted by Crippen LogP contribution is -2.48. The molecule has 3 rings (SSSR count). The maximum Gasteiger partial charge on any atom is 0.234 e. The molecule has 2 fully saturated rings. The van der Waals surface area contributed by atoms with Gasteiger partial charge in [-0.2, -0.15) is 5.26 Å². The number of hydrogen-bond donors (Lipinski definition) is 0. The van der Waals surface area contributed by atoms with Crippen LogP contribution in [0.1, 0.15) is 50.5 Å².